The van der Waals surface area contributed by atoms with Crippen molar-refractivity contribution in [3.63, 3.8) is 0 Å². The van der Waals surface area contributed by atoms with Crippen molar-refractivity contribution in [3.05, 3.63) is 0 Å². The Kier molecular flexibility index (Phi) is 6.34. The quantitative estimate of drug-likeness (QED) is 0.594. The van der Waals surface area contributed by atoms with Gasteiger partial charge in [0.05, 0.1) is 6.61 Å². The molecular formula is C13H27N5O4S. The fraction of sp³-hybridized carbons (Fsp3) is 0.923. The van der Waals surface area contributed by atoms with Crippen LogP contribution in [0.25, 0.3) is 0 Å². The molecular weight excluding hydrogens is 322 g/mol. The Bertz CT molecular complexity index is 498. The zero-order chi connectivity index (χ0) is 17.0. The van der Waals surface area contributed by atoms with Gasteiger partial charge in [0, 0.05) is 59.5 Å². The van der Waals surface area contributed by atoms with Gasteiger partial charge in [-0.05, 0) is 7.05 Å². The topological polar surface area (TPSA) is 99.4 Å². The predicted octanol–water partition coefficient (Wildman–Crippen LogP) is -2.40. The first-order valence-corrected chi connectivity index (χ1v) is 9.23. The van der Waals surface area contributed by atoms with E-state index in [0.29, 0.717) is 39.3 Å². The maximum Gasteiger partial charge on any atom is 0.282 e. The van der Waals surface area contributed by atoms with E-state index in [1.165, 1.54) is 15.7 Å². The lowest BCUT2D eigenvalue weighted by Gasteiger charge is -2.39. The lowest BCUT2D eigenvalue weighted by molar-refractivity contribution is -0.135. The lowest BCUT2D eigenvalue weighted by atomic mass is 10.2. The molecule has 0 aromatic heterocycles. The third-order valence-electron chi connectivity index (χ3n) is 4.33. The molecule has 1 unspecified atom stereocenters. The Hall–Kier alpha value is -0.780. The summed E-state index contributed by atoms with van der Waals surface area (Å²) in [5.41, 5.74) is 5.75. The molecule has 2 N–H and O–H groups in total. The van der Waals surface area contributed by atoms with Crippen LogP contribution in [0.4, 0.5) is 0 Å². The normalized spacial score (nSPS) is 23.9. The van der Waals surface area contributed by atoms with Gasteiger partial charge >= 0.3 is 0 Å². The second-order valence-corrected chi connectivity index (χ2v) is 7.92. The number of hydrogen-bond acceptors (Lipinski definition) is 6. The van der Waals surface area contributed by atoms with Crippen molar-refractivity contribution in [2.75, 3.05) is 73.1 Å². The zero-order valence-electron chi connectivity index (χ0n) is 13.8. The van der Waals surface area contributed by atoms with Crippen LogP contribution >= 0.6 is 0 Å². The fourth-order valence-electron chi connectivity index (χ4n) is 2.81. The van der Waals surface area contributed by atoms with Crippen LogP contribution in [0, 0.1) is 0 Å². The van der Waals surface area contributed by atoms with Crippen molar-refractivity contribution in [2.24, 2.45) is 5.73 Å². The number of rotatable bonds is 5. The number of carbonyl (C=O) groups is 1. The molecule has 9 nitrogen and oxygen atoms in total. The van der Waals surface area contributed by atoms with E-state index >= 15 is 0 Å². The van der Waals surface area contributed by atoms with Gasteiger partial charge in [-0.15, -0.1) is 0 Å². The SMILES string of the molecule is COCC(N)C(=O)N1CCN(S(=O)(=O)N2CCN(C)CC2)CC1. The van der Waals surface area contributed by atoms with Gasteiger partial charge in [-0.25, -0.2) is 0 Å². The van der Waals surface area contributed by atoms with Gasteiger partial charge in [-0.1, -0.05) is 0 Å². The van der Waals surface area contributed by atoms with Gasteiger partial charge in [0.1, 0.15) is 6.04 Å². The highest BCUT2D eigenvalue weighted by molar-refractivity contribution is 7.86. The van der Waals surface area contributed by atoms with Gasteiger partial charge < -0.3 is 20.3 Å². The van der Waals surface area contributed by atoms with E-state index < -0.39 is 16.3 Å². The Morgan fingerprint density at radius 3 is 2.00 bits per heavy atom. The number of hydrogen-bond donors (Lipinski definition) is 1. The monoisotopic (exact) mass is 349 g/mol. The van der Waals surface area contributed by atoms with Crippen molar-refractivity contribution >= 4 is 16.1 Å². The molecule has 10 heteroatoms. The summed E-state index contributed by atoms with van der Waals surface area (Å²) in [7, 11) is 0.0355. The van der Waals surface area contributed by atoms with Gasteiger partial charge in [0.25, 0.3) is 10.2 Å². The molecule has 2 saturated heterocycles. The molecule has 2 fully saturated rings. The second kappa shape index (κ2) is 7.86. The number of likely N-dealkylation sites (N-methyl/N-ethyl adjacent to an activating group) is 1. The summed E-state index contributed by atoms with van der Waals surface area (Å²) in [5.74, 6) is -0.191. The summed E-state index contributed by atoms with van der Waals surface area (Å²) in [5, 5.41) is 0. The highest BCUT2D eigenvalue weighted by atomic mass is 32.2. The second-order valence-electron chi connectivity index (χ2n) is 6.00. The summed E-state index contributed by atoms with van der Waals surface area (Å²) >= 11 is 0. The Morgan fingerprint density at radius 1 is 1.04 bits per heavy atom. The number of carbonyl (C=O) groups excluding carboxylic acids is 1. The van der Waals surface area contributed by atoms with Gasteiger partial charge in [0.2, 0.25) is 5.91 Å². The fourth-order valence-corrected chi connectivity index (χ4v) is 4.38. The molecule has 134 valence electrons. The standard InChI is InChI=1S/C13H27N5O4S/c1-15-3-7-17(8-4-15)23(20,21)18-9-5-16(6-10-18)13(19)12(14)11-22-2/h12H,3-11,14H2,1-2H3. The van der Waals surface area contributed by atoms with Gasteiger partial charge in [0.15, 0.2) is 0 Å². The molecule has 2 aliphatic heterocycles. The van der Waals surface area contributed by atoms with Crippen molar-refractivity contribution in [3.8, 4) is 0 Å². The molecule has 0 radical (unpaired) electrons. The molecule has 1 amide bonds. The Morgan fingerprint density at radius 2 is 1.52 bits per heavy atom. The number of nitrogens with zero attached hydrogens (tertiary/aromatic N) is 4. The zero-order valence-corrected chi connectivity index (χ0v) is 14.7. The van der Waals surface area contributed by atoms with Crippen molar-refractivity contribution in [1.29, 1.82) is 0 Å². The van der Waals surface area contributed by atoms with E-state index in [-0.39, 0.29) is 12.5 Å². The average molecular weight is 349 g/mol. The number of amides is 1. The molecule has 0 aromatic rings. The van der Waals surface area contributed by atoms with E-state index in [0.717, 1.165) is 13.1 Å². The van der Waals surface area contributed by atoms with E-state index in [1.807, 2.05) is 7.05 Å². The molecule has 1 atom stereocenters. The summed E-state index contributed by atoms with van der Waals surface area (Å²) in [4.78, 5) is 15.8. The Labute approximate surface area is 138 Å². The molecule has 2 rings (SSSR count). The molecule has 0 spiro atoms. The third kappa shape index (κ3) is 4.40. The number of ether oxygens (including phenoxy) is 1. The number of piperazine rings is 2. The molecule has 2 heterocycles. The summed E-state index contributed by atoms with van der Waals surface area (Å²) in [6, 6.07) is -0.694. The maximum absolute atomic E-state index is 12.6. The van der Waals surface area contributed by atoms with E-state index in [4.69, 9.17) is 10.5 Å². The minimum absolute atomic E-state index is 0.165. The molecule has 0 aliphatic carbocycles. The summed E-state index contributed by atoms with van der Waals surface area (Å²) < 4.78 is 33.2. The summed E-state index contributed by atoms with van der Waals surface area (Å²) in [6.45, 7) is 4.01. The van der Waals surface area contributed by atoms with Crippen LogP contribution in [0.5, 0.6) is 0 Å². The largest absolute Gasteiger partial charge is 0.383 e. The van der Waals surface area contributed by atoms with E-state index in [2.05, 4.69) is 4.90 Å². The molecule has 0 saturated carbocycles. The lowest BCUT2D eigenvalue weighted by Crippen LogP contribution is -2.58. The predicted molar refractivity (Wildman–Crippen MR) is 86.0 cm³/mol. The molecule has 0 aromatic carbocycles. The van der Waals surface area contributed by atoms with Crippen LogP contribution < -0.4 is 5.73 Å². The Balaban J connectivity index is 1.89. The minimum Gasteiger partial charge on any atom is -0.383 e. The number of methoxy groups -OCH3 is 1. The first kappa shape index (κ1) is 18.6. The van der Waals surface area contributed by atoms with Crippen LogP contribution in [0.3, 0.4) is 0 Å². The molecule has 23 heavy (non-hydrogen) atoms. The van der Waals surface area contributed by atoms with Crippen LogP contribution in [0.15, 0.2) is 0 Å². The molecule has 2 aliphatic rings. The first-order valence-electron chi connectivity index (χ1n) is 7.83. The third-order valence-corrected chi connectivity index (χ3v) is 6.36. The molecule has 0 bridgehead atoms. The van der Waals surface area contributed by atoms with Crippen molar-refractivity contribution in [1.82, 2.24) is 18.4 Å². The number of nitrogens with two attached hydrogens (primary N) is 1. The maximum atomic E-state index is 12.6. The van der Waals surface area contributed by atoms with Crippen LogP contribution in [0.1, 0.15) is 0 Å². The summed E-state index contributed by atoms with van der Waals surface area (Å²) in [6.07, 6.45) is 0. The van der Waals surface area contributed by atoms with E-state index in [9.17, 15) is 13.2 Å². The van der Waals surface area contributed by atoms with Crippen molar-refractivity contribution < 1.29 is 17.9 Å². The highest BCUT2D eigenvalue weighted by Gasteiger charge is 2.35. The average Bonchev–Trinajstić information content (AvgIpc) is 2.55. The highest BCUT2D eigenvalue weighted by Crippen LogP contribution is 2.14. The van der Waals surface area contributed by atoms with Gasteiger partial charge in [-0.2, -0.15) is 17.0 Å². The van der Waals surface area contributed by atoms with E-state index in [1.54, 1.807) is 4.90 Å². The minimum atomic E-state index is -3.44. The first-order chi connectivity index (χ1) is 10.9. The van der Waals surface area contributed by atoms with Crippen molar-refractivity contribution in [2.45, 2.75) is 6.04 Å². The van der Waals surface area contributed by atoms with Crippen LogP contribution in [0.2, 0.25) is 0 Å². The smallest absolute Gasteiger partial charge is 0.282 e. The van der Waals surface area contributed by atoms with Gasteiger partial charge in [-0.3, -0.25) is 4.79 Å². The van der Waals surface area contributed by atoms with Crippen LogP contribution in [-0.2, 0) is 19.7 Å². The van der Waals surface area contributed by atoms with Crippen LogP contribution in [-0.4, -0.2) is 112 Å².